The van der Waals surface area contributed by atoms with E-state index in [9.17, 15) is 24.3 Å². The molecule has 3 atom stereocenters. The Kier molecular flexibility index (Phi) is 14.5. The minimum absolute atomic E-state index is 0. The van der Waals surface area contributed by atoms with Gasteiger partial charge in [-0.15, -0.1) is 0 Å². The van der Waals surface area contributed by atoms with Crippen LogP contribution in [-0.2, 0) is 40.6 Å². The van der Waals surface area contributed by atoms with Crippen molar-refractivity contribution in [2.75, 3.05) is 26.1 Å². The molecule has 0 radical (unpaired) electrons. The number of methoxy groups -OCH3 is 2. The third-order valence-electron chi connectivity index (χ3n) is 9.84. The van der Waals surface area contributed by atoms with Gasteiger partial charge in [0.05, 0.1) is 40.0 Å². The Morgan fingerprint density at radius 1 is 0.864 bits per heavy atom. The molecule has 2 N–H and O–H groups in total. The molecule has 1 aliphatic heterocycles. The summed E-state index contributed by atoms with van der Waals surface area (Å²) in [5.41, 5.74) is 1.35. The number of rotatable bonds is 16. The quantitative estimate of drug-likeness (QED) is 0.0802. The molecule has 7 rings (SSSR count). The number of benzene rings is 4. The number of carbonyl (C=O) groups excluding carboxylic acids is 3. The third-order valence-corrected chi connectivity index (χ3v) is 9.84. The van der Waals surface area contributed by atoms with Crippen LogP contribution in [0.25, 0.3) is 11.2 Å². The van der Waals surface area contributed by atoms with Crippen LogP contribution in [0.1, 0.15) is 47.7 Å². The predicted octanol–water partition coefficient (Wildman–Crippen LogP) is 1.06. The number of carbonyl (C=O) groups is 3. The number of carboxylic acid groups (broad SMARTS) is 1. The number of nitrogens with one attached hydrogen (secondary N) is 2. The van der Waals surface area contributed by atoms with Crippen molar-refractivity contribution in [1.82, 2.24) is 19.5 Å². The Labute approximate surface area is 381 Å². The maximum atomic E-state index is 13.1. The van der Waals surface area contributed by atoms with Crippen molar-refractivity contribution in [3.8, 4) is 11.5 Å². The molecule has 15 nitrogen and oxygen atoms in total. The molecule has 0 aliphatic carbocycles. The molecular formula is C43H40KN5O10. The van der Waals surface area contributed by atoms with Crippen molar-refractivity contribution in [1.29, 1.82) is 0 Å². The molecule has 3 heterocycles. The SMILES string of the molecule is COc1ccc(C(OC[C@H]2O[C@@H](n3cnc4c(=O)[nH]c(NC(=O)Cc5ccccc5)nc43)C[C@@H]2OC(=O)CCC(=O)[O-])(c2ccccc2)c2ccc(OC)cc2)cc1.[K+]. The summed E-state index contributed by atoms with van der Waals surface area (Å²) >= 11 is 0. The van der Waals surface area contributed by atoms with E-state index < -0.39 is 60.3 Å². The number of aromatic amines is 1. The van der Waals surface area contributed by atoms with E-state index in [0.29, 0.717) is 11.5 Å². The van der Waals surface area contributed by atoms with Crippen LogP contribution >= 0.6 is 0 Å². The molecule has 0 spiro atoms. The number of esters is 1. The average Bonchev–Trinajstić information content (AvgIpc) is 3.85. The number of nitrogens with zero attached hydrogens (tertiary/aromatic N) is 3. The first-order valence-corrected chi connectivity index (χ1v) is 18.5. The second-order valence-corrected chi connectivity index (χ2v) is 13.5. The number of carboxylic acids is 1. The first-order chi connectivity index (χ1) is 28.2. The smallest absolute Gasteiger partial charge is 0.550 e. The molecular weight excluding hydrogens is 786 g/mol. The maximum absolute atomic E-state index is 13.1. The number of imidazole rings is 1. The van der Waals surface area contributed by atoms with Gasteiger partial charge in [-0.25, -0.2) is 4.98 Å². The second kappa shape index (κ2) is 19.7. The van der Waals surface area contributed by atoms with E-state index in [1.54, 1.807) is 14.2 Å². The Morgan fingerprint density at radius 2 is 1.46 bits per heavy atom. The molecule has 6 aromatic rings. The van der Waals surface area contributed by atoms with Gasteiger partial charge in [0.2, 0.25) is 11.9 Å². The Morgan fingerprint density at radius 3 is 2.05 bits per heavy atom. The predicted molar refractivity (Wildman–Crippen MR) is 208 cm³/mol. The minimum Gasteiger partial charge on any atom is -0.550 e. The summed E-state index contributed by atoms with van der Waals surface area (Å²) in [5, 5.41) is 13.8. The molecule has 1 amide bonds. The molecule has 1 aliphatic rings. The van der Waals surface area contributed by atoms with Crippen LogP contribution in [0.3, 0.4) is 0 Å². The Hall–Kier alpha value is -5.20. The number of aromatic nitrogens is 4. The first-order valence-electron chi connectivity index (χ1n) is 18.5. The van der Waals surface area contributed by atoms with Crippen molar-refractivity contribution in [3.05, 3.63) is 148 Å². The van der Waals surface area contributed by atoms with E-state index in [2.05, 4.69) is 20.3 Å². The molecule has 298 valence electrons. The fourth-order valence-electron chi connectivity index (χ4n) is 7.01. The summed E-state index contributed by atoms with van der Waals surface area (Å²) in [6.07, 6.45) is -2.19. The van der Waals surface area contributed by atoms with Gasteiger partial charge in [-0.05, 0) is 52.9 Å². The van der Waals surface area contributed by atoms with Gasteiger partial charge in [0, 0.05) is 12.4 Å². The van der Waals surface area contributed by atoms with Gasteiger partial charge in [0.1, 0.15) is 35.5 Å². The van der Waals surface area contributed by atoms with Crippen molar-refractivity contribution < 1.29 is 94.6 Å². The van der Waals surface area contributed by atoms with Crippen LogP contribution in [0.2, 0.25) is 0 Å². The van der Waals surface area contributed by atoms with E-state index in [1.165, 1.54) is 10.9 Å². The summed E-state index contributed by atoms with van der Waals surface area (Å²) in [7, 11) is 3.17. The number of H-pyrrole nitrogens is 1. The molecule has 2 aromatic heterocycles. The van der Waals surface area contributed by atoms with Crippen molar-refractivity contribution in [3.63, 3.8) is 0 Å². The van der Waals surface area contributed by atoms with Crippen LogP contribution in [0.5, 0.6) is 11.5 Å². The largest absolute Gasteiger partial charge is 1.00 e. The van der Waals surface area contributed by atoms with E-state index in [1.807, 2.05) is 109 Å². The van der Waals surface area contributed by atoms with E-state index in [0.717, 1.165) is 22.3 Å². The monoisotopic (exact) mass is 825 g/mol. The summed E-state index contributed by atoms with van der Waals surface area (Å²) in [6.45, 7) is -0.136. The van der Waals surface area contributed by atoms with E-state index >= 15 is 0 Å². The topological polar surface area (TPSA) is 196 Å². The van der Waals surface area contributed by atoms with Gasteiger partial charge in [0.25, 0.3) is 5.56 Å². The van der Waals surface area contributed by atoms with Crippen molar-refractivity contribution >= 4 is 35.0 Å². The number of hydrogen-bond acceptors (Lipinski definition) is 12. The standard InChI is InChI=1S/C43H41N5O10.K/c1-54-31-17-13-29(14-18-31)43(28-11-7-4-8-12-28,30-15-19-32(55-2)20-16-30)56-25-34-33(58-38(52)22-21-37(50)51)24-36(57-34)48-26-44-39-40(48)46-42(47-41(39)53)45-35(49)23-27-9-5-3-6-10-27;/h3-20,26,33-34,36H,21-25H2,1-2H3,(H,50,51)(H2,45,46,47,49,53);/q;+1/p-1/t33-,34+,36+;/m0./s1. The van der Waals surface area contributed by atoms with Gasteiger partial charge in [-0.2, -0.15) is 4.98 Å². The van der Waals surface area contributed by atoms with Crippen LogP contribution in [-0.4, -0.2) is 70.4 Å². The average molecular weight is 826 g/mol. The fourth-order valence-corrected chi connectivity index (χ4v) is 7.01. The van der Waals surface area contributed by atoms with Crippen LogP contribution < -0.4 is 76.8 Å². The normalized spacial score (nSPS) is 16.2. The van der Waals surface area contributed by atoms with E-state index in [4.69, 9.17) is 23.7 Å². The Balaban J connectivity index is 0.00000585. The molecule has 1 saturated heterocycles. The summed E-state index contributed by atoms with van der Waals surface area (Å²) < 4.78 is 32.0. The van der Waals surface area contributed by atoms with Gasteiger partial charge < -0.3 is 33.6 Å². The van der Waals surface area contributed by atoms with Crippen molar-refractivity contribution in [2.45, 2.75) is 49.7 Å². The van der Waals surface area contributed by atoms with Gasteiger partial charge in [-0.3, -0.25) is 29.3 Å². The number of aliphatic carboxylic acids is 1. The van der Waals surface area contributed by atoms with Gasteiger partial charge >= 0.3 is 57.4 Å². The fraction of sp³-hybridized carbons (Fsp3) is 0.256. The Bertz CT molecular complexity index is 2380. The third kappa shape index (κ3) is 9.99. The zero-order valence-corrected chi connectivity index (χ0v) is 35.8. The molecule has 59 heavy (non-hydrogen) atoms. The van der Waals surface area contributed by atoms with E-state index in [-0.39, 0.29) is 87.9 Å². The molecule has 0 unspecified atom stereocenters. The second-order valence-electron chi connectivity index (χ2n) is 13.5. The molecule has 16 heteroatoms. The summed E-state index contributed by atoms with van der Waals surface area (Å²) in [4.78, 5) is 61.6. The summed E-state index contributed by atoms with van der Waals surface area (Å²) in [6, 6.07) is 33.7. The molecule has 0 bridgehead atoms. The van der Waals surface area contributed by atoms with Crippen LogP contribution in [0, 0.1) is 0 Å². The number of anilines is 1. The minimum atomic E-state index is -1.39. The molecule has 1 fully saturated rings. The van der Waals surface area contributed by atoms with Gasteiger partial charge in [-0.1, -0.05) is 84.9 Å². The zero-order valence-electron chi connectivity index (χ0n) is 32.7. The van der Waals surface area contributed by atoms with Gasteiger partial charge in [0.15, 0.2) is 11.2 Å². The number of ether oxygens (including phenoxy) is 5. The summed E-state index contributed by atoms with van der Waals surface area (Å²) in [5.74, 6) is -1.36. The van der Waals surface area contributed by atoms with Crippen molar-refractivity contribution in [2.24, 2.45) is 0 Å². The molecule has 0 saturated carbocycles. The number of amides is 1. The van der Waals surface area contributed by atoms with Crippen LogP contribution in [0.4, 0.5) is 5.95 Å². The van der Waals surface area contributed by atoms with Crippen LogP contribution in [0.15, 0.2) is 120 Å². The zero-order chi connectivity index (χ0) is 40.6. The number of hydrogen-bond donors (Lipinski definition) is 2. The number of fused-ring (bicyclic) bond motifs is 1. The maximum Gasteiger partial charge on any atom is 1.00 e. The first kappa shape index (κ1) is 43.4. The molecule has 4 aromatic carbocycles.